The number of hydrogen-bond acceptors (Lipinski definition) is 3. The van der Waals surface area contributed by atoms with E-state index in [4.69, 9.17) is 0 Å². The summed E-state index contributed by atoms with van der Waals surface area (Å²) >= 11 is 0. The highest BCUT2D eigenvalue weighted by Gasteiger charge is 2.35. The van der Waals surface area contributed by atoms with E-state index < -0.39 is 23.8 Å². The Balaban J connectivity index is 1.87. The smallest absolute Gasteiger partial charge is 0.416 e. The number of fused-ring (bicyclic) bond motifs is 1. The summed E-state index contributed by atoms with van der Waals surface area (Å²) in [5, 5.41) is 9.46. The molecule has 23 heavy (non-hydrogen) atoms. The van der Waals surface area contributed by atoms with Gasteiger partial charge in [0.1, 0.15) is 0 Å². The van der Waals surface area contributed by atoms with Gasteiger partial charge in [-0.3, -0.25) is 9.69 Å². The highest BCUT2D eigenvalue weighted by Crippen LogP contribution is 2.32. The van der Waals surface area contributed by atoms with Crippen molar-refractivity contribution in [1.29, 1.82) is 0 Å². The van der Waals surface area contributed by atoms with Gasteiger partial charge in [0.15, 0.2) is 6.04 Å². The average molecular weight is 325 g/mol. The van der Waals surface area contributed by atoms with Crippen molar-refractivity contribution in [3.8, 4) is 0 Å². The standard InChI is InChI=1S/C15H14F3N3O2/c16-15(17,18)10-3-1-2-9(6-10)7-21-5-4-11-12(20-8-19-11)13(21)14(22)23/h1-3,6,8,13H,4-5,7H2,(H,19,20)(H,22,23). The second-order valence-corrected chi connectivity index (χ2v) is 5.43. The molecule has 3 rings (SSSR count). The van der Waals surface area contributed by atoms with Crippen LogP contribution in [0.4, 0.5) is 13.2 Å². The number of aromatic nitrogens is 2. The minimum Gasteiger partial charge on any atom is -0.480 e. The first-order valence-electron chi connectivity index (χ1n) is 7.01. The number of rotatable bonds is 3. The van der Waals surface area contributed by atoms with Gasteiger partial charge in [-0.25, -0.2) is 4.98 Å². The van der Waals surface area contributed by atoms with Gasteiger partial charge in [-0.05, 0) is 11.6 Å². The first-order chi connectivity index (χ1) is 10.9. The van der Waals surface area contributed by atoms with E-state index in [0.29, 0.717) is 24.2 Å². The van der Waals surface area contributed by atoms with Gasteiger partial charge < -0.3 is 10.1 Å². The maximum absolute atomic E-state index is 12.8. The van der Waals surface area contributed by atoms with Crippen LogP contribution in [0, 0.1) is 0 Å². The van der Waals surface area contributed by atoms with E-state index in [1.165, 1.54) is 12.4 Å². The van der Waals surface area contributed by atoms with Crippen molar-refractivity contribution in [3.63, 3.8) is 0 Å². The van der Waals surface area contributed by atoms with Crippen LogP contribution >= 0.6 is 0 Å². The molecule has 0 aliphatic carbocycles. The third kappa shape index (κ3) is 3.07. The Morgan fingerprint density at radius 2 is 2.22 bits per heavy atom. The number of nitrogens with zero attached hydrogens (tertiary/aromatic N) is 2. The fourth-order valence-corrected chi connectivity index (χ4v) is 2.85. The van der Waals surface area contributed by atoms with Crippen molar-refractivity contribution in [2.45, 2.75) is 25.2 Å². The molecule has 2 N–H and O–H groups in total. The van der Waals surface area contributed by atoms with E-state index in [2.05, 4.69) is 9.97 Å². The molecule has 1 aliphatic heterocycles. The number of aromatic amines is 1. The van der Waals surface area contributed by atoms with Crippen LogP contribution in [0.25, 0.3) is 0 Å². The van der Waals surface area contributed by atoms with Gasteiger partial charge in [-0.1, -0.05) is 18.2 Å². The molecule has 0 bridgehead atoms. The van der Waals surface area contributed by atoms with Crippen LogP contribution in [-0.4, -0.2) is 32.5 Å². The second kappa shape index (κ2) is 5.69. The van der Waals surface area contributed by atoms with Gasteiger partial charge in [0.25, 0.3) is 0 Å². The number of carboxylic acid groups (broad SMARTS) is 1. The molecule has 1 unspecified atom stereocenters. The van der Waals surface area contributed by atoms with E-state index in [-0.39, 0.29) is 6.54 Å². The predicted octanol–water partition coefficient (Wildman–Crippen LogP) is 2.61. The van der Waals surface area contributed by atoms with E-state index in [0.717, 1.165) is 17.8 Å². The molecular weight excluding hydrogens is 311 g/mol. The summed E-state index contributed by atoms with van der Waals surface area (Å²) in [6, 6.07) is 3.99. The quantitative estimate of drug-likeness (QED) is 0.910. The lowest BCUT2D eigenvalue weighted by Gasteiger charge is -2.32. The Morgan fingerprint density at radius 3 is 2.91 bits per heavy atom. The fraction of sp³-hybridized carbons (Fsp3) is 0.333. The van der Waals surface area contributed by atoms with Crippen molar-refractivity contribution < 1.29 is 23.1 Å². The summed E-state index contributed by atoms with van der Waals surface area (Å²) in [6.07, 6.45) is -2.40. The molecule has 0 spiro atoms. The molecular formula is C15H14F3N3O2. The molecule has 122 valence electrons. The Bertz CT molecular complexity index is 727. The Labute approximate surface area is 129 Å². The van der Waals surface area contributed by atoms with Gasteiger partial charge in [-0.2, -0.15) is 13.2 Å². The molecule has 2 heterocycles. The Morgan fingerprint density at radius 1 is 1.43 bits per heavy atom. The normalized spacial score (nSPS) is 18.7. The maximum Gasteiger partial charge on any atom is 0.416 e. The molecule has 1 aromatic carbocycles. The minimum absolute atomic E-state index is 0.118. The Kier molecular flexibility index (Phi) is 3.85. The number of carbonyl (C=O) groups is 1. The van der Waals surface area contributed by atoms with Gasteiger partial charge in [-0.15, -0.1) is 0 Å². The molecule has 8 heteroatoms. The monoisotopic (exact) mass is 325 g/mol. The summed E-state index contributed by atoms with van der Waals surface area (Å²) in [7, 11) is 0. The molecule has 0 saturated carbocycles. The van der Waals surface area contributed by atoms with E-state index in [9.17, 15) is 23.1 Å². The zero-order valence-electron chi connectivity index (χ0n) is 12.0. The highest BCUT2D eigenvalue weighted by atomic mass is 19.4. The van der Waals surface area contributed by atoms with Crippen LogP contribution in [0.5, 0.6) is 0 Å². The number of imidazole rings is 1. The number of aliphatic carboxylic acids is 1. The van der Waals surface area contributed by atoms with Crippen LogP contribution in [0.3, 0.4) is 0 Å². The van der Waals surface area contributed by atoms with Crippen LogP contribution in [0.1, 0.15) is 28.6 Å². The largest absolute Gasteiger partial charge is 0.480 e. The second-order valence-electron chi connectivity index (χ2n) is 5.43. The number of benzene rings is 1. The number of carboxylic acids is 1. The van der Waals surface area contributed by atoms with Crippen molar-refractivity contribution in [2.24, 2.45) is 0 Å². The number of H-pyrrole nitrogens is 1. The first-order valence-corrected chi connectivity index (χ1v) is 7.01. The molecule has 1 aromatic heterocycles. The molecule has 0 fully saturated rings. The predicted molar refractivity (Wildman–Crippen MR) is 74.5 cm³/mol. The summed E-state index contributed by atoms with van der Waals surface area (Å²) in [5.41, 5.74) is 0.873. The SMILES string of the molecule is O=C(O)C1c2nc[nH]c2CCN1Cc1cccc(C(F)(F)F)c1. The number of nitrogens with one attached hydrogen (secondary N) is 1. The van der Waals surface area contributed by atoms with Crippen molar-refractivity contribution in [1.82, 2.24) is 14.9 Å². The summed E-state index contributed by atoms with van der Waals surface area (Å²) < 4.78 is 38.4. The van der Waals surface area contributed by atoms with E-state index in [1.807, 2.05) is 0 Å². The highest BCUT2D eigenvalue weighted by molar-refractivity contribution is 5.75. The van der Waals surface area contributed by atoms with Crippen molar-refractivity contribution in [3.05, 3.63) is 53.1 Å². The maximum atomic E-state index is 12.8. The van der Waals surface area contributed by atoms with Gasteiger partial charge in [0, 0.05) is 25.2 Å². The Hall–Kier alpha value is -2.35. The topological polar surface area (TPSA) is 69.2 Å². The van der Waals surface area contributed by atoms with Crippen LogP contribution in [0.2, 0.25) is 0 Å². The lowest BCUT2D eigenvalue weighted by Crippen LogP contribution is -2.39. The average Bonchev–Trinajstić information content (AvgIpc) is 2.94. The minimum atomic E-state index is -4.42. The molecule has 1 aliphatic rings. The van der Waals surface area contributed by atoms with Crippen molar-refractivity contribution in [2.75, 3.05) is 6.54 Å². The van der Waals surface area contributed by atoms with Gasteiger partial charge in [0.2, 0.25) is 0 Å². The third-order valence-electron chi connectivity index (χ3n) is 3.90. The third-order valence-corrected chi connectivity index (χ3v) is 3.90. The number of alkyl halides is 3. The molecule has 2 aromatic rings. The van der Waals surface area contributed by atoms with Gasteiger partial charge in [0.05, 0.1) is 17.6 Å². The zero-order chi connectivity index (χ0) is 16.6. The summed E-state index contributed by atoms with van der Waals surface area (Å²) in [6.45, 7) is 0.551. The number of hydrogen-bond donors (Lipinski definition) is 2. The lowest BCUT2D eigenvalue weighted by atomic mass is 10.0. The lowest BCUT2D eigenvalue weighted by molar-refractivity contribution is -0.144. The molecule has 5 nitrogen and oxygen atoms in total. The van der Waals surface area contributed by atoms with Gasteiger partial charge >= 0.3 is 12.1 Å². The van der Waals surface area contributed by atoms with Crippen LogP contribution in [-0.2, 0) is 23.9 Å². The molecule has 1 atom stereocenters. The van der Waals surface area contributed by atoms with E-state index >= 15 is 0 Å². The first kappa shape index (κ1) is 15.5. The molecule has 0 radical (unpaired) electrons. The summed E-state index contributed by atoms with van der Waals surface area (Å²) in [4.78, 5) is 20.1. The molecule has 0 saturated heterocycles. The zero-order valence-corrected chi connectivity index (χ0v) is 12.0. The van der Waals surface area contributed by atoms with E-state index in [1.54, 1.807) is 11.0 Å². The summed E-state index contributed by atoms with van der Waals surface area (Å²) in [5.74, 6) is -1.06. The molecule has 0 amide bonds. The number of halogens is 3. The van der Waals surface area contributed by atoms with Crippen LogP contribution in [0.15, 0.2) is 30.6 Å². The van der Waals surface area contributed by atoms with Crippen molar-refractivity contribution >= 4 is 5.97 Å². The fourth-order valence-electron chi connectivity index (χ4n) is 2.85. The van der Waals surface area contributed by atoms with Crippen LogP contribution < -0.4 is 0 Å².